The molecule has 1 saturated heterocycles. The minimum atomic E-state index is -0.0251. The van der Waals surface area contributed by atoms with Gasteiger partial charge in [-0.1, -0.05) is 30.0 Å². The van der Waals surface area contributed by atoms with Crippen LogP contribution in [-0.2, 0) is 4.79 Å². The van der Waals surface area contributed by atoms with Crippen molar-refractivity contribution < 1.29 is 9.59 Å². The van der Waals surface area contributed by atoms with E-state index in [1.165, 1.54) is 11.8 Å². The topological polar surface area (TPSA) is 70.5 Å². The number of amides is 2. The predicted molar refractivity (Wildman–Crippen MR) is 111 cm³/mol. The minimum absolute atomic E-state index is 0.0251. The zero-order valence-electron chi connectivity index (χ0n) is 16.6. The predicted octanol–water partition coefficient (Wildman–Crippen LogP) is 1.88. The molecule has 150 valence electrons. The fourth-order valence-electron chi connectivity index (χ4n) is 3.30. The summed E-state index contributed by atoms with van der Waals surface area (Å²) in [7, 11) is 0. The fourth-order valence-corrected chi connectivity index (χ4v) is 3.84. The molecule has 3 rings (SSSR count). The molecule has 0 bridgehead atoms. The molecule has 1 aromatic carbocycles. The number of rotatable bonds is 6. The highest BCUT2D eigenvalue weighted by molar-refractivity contribution is 7.98. The lowest BCUT2D eigenvalue weighted by molar-refractivity contribution is -0.123. The van der Waals surface area contributed by atoms with Crippen LogP contribution < -0.4 is 5.32 Å². The molecular weight excluding hydrogens is 374 g/mol. The van der Waals surface area contributed by atoms with Crippen LogP contribution >= 0.6 is 11.8 Å². The van der Waals surface area contributed by atoms with Gasteiger partial charge in [0.05, 0.1) is 12.7 Å². The lowest BCUT2D eigenvalue weighted by Crippen LogP contribution is -2.51. The van der Waals surface area contributed by atoms with Gasteiger partial charge in [0, 0.05) is 37.9 Å². The zero-order chi connectivity index (χ0) is 20.1. The van der Waals surface area contributed by atoms with Gasteiger partial charge in [0.15, 0.2) is 5.16 Å². The molecule has 1 N–H and O–H groups in total. The van der Waals surface area contributed by atoms with Crippen LogP contribution in [0.3, 0.4) is 0 Å². The van der Waals surface area contributed by atoms with Gasteiger partial charge in [0.1, 0.15) is 5.69 Å². The van der Waals surface area contributed by atoms with Crippen LogP contribution in [0.15, 0.2) is 41.7 Å². The fraction of sp³-hybridized carbons (Fsp3) is 0.450. The van der Waals surface area contributed by atoms with Crippen molar-refractivity contribution in [2.75, 3.05) is 39.0 Å². The maximum Gasteiger partial charge on any atom is 0.272 e. The number of imidazole rings is 1. The normalized spacial score (nSPS) is 15.1. The summed E-state index contributed by atoms with van der Waals surface area (Å²) in [6.45, 7) is 6.85. The number of piperazine rings is 1. The molecule has 0 unspecified atom stereocenters. The number of aromatic nitrogens is 2. The Bertz CT molecular complexity index is 813. The number of benzene rings is 1. The lowest BCUT2D eigenvalue weighted by Gasteiger charge is -2.34. The Morgan fingerprint density at radius 1 is 1.14 bits per heavy atom. The second-order valence-corrected chi connectivity index (χ2v) is 7.87. The van der Waals surface area contributed by atoms with Gasteiger partial charge in [-0.3, -0.25) is 19.1 Å². The summed E-state index contributed by atoms with van der Waals surface area (Å²) in [6, 6.07) is 9.95. The van der Waals surface area contributed by atoms with Crippen molar-refractivity contribution in [1.82, 2.24) is 24.7 Å². The lowest BCUT2D eigenvalue weighted by atomic mass is 10.2. The number of carbonyl (C=O) groups is 2. The summed E-state index contributed by atoms with van der Waals surface area (Å²) in [5.41, 5.74) is 1.50. The number of para-hydroxylation sites is 1. The summed E-state index contributed by atoms with van der Waals surface area (Å²) < 4.78 is 1.91. The molecule has 1 aliphatic rings. The summed E-state index contributed by atoms with van der Waals surface area (Å²) in [4.78, 5) is 33.5. The molecule has 0 atom stereocenters. The van der Waals surface area contributed by atoms with Crippen LogP contribution in [-0.4, -0.2) is 76.2 Å². The Balaban J connectivity index is 1.68. The first kappa shape index (κ1) is 20.4. The van der Waals surface area contributed by atoms with Gasteiger partial charge in [0.25, 0.3) is 5.91 Å². The molecule has 2 amide bonds. The smallest absolute Gasteiger partial charge is 0.272 e. The second-order valence-electron chi connectivity index (χ2n) is 7.09. The molecular formula is C20H27N5O2S. The molecule has 2 aromatic rings. The Hall–Kier alpha value is -2.32. The third-order valence-corrected chi connectivity index (χ3v) is 5.28. The van der Waals surface area contributed by atoms with Crippen molar-refractivity contribution in [2.45, 2.75) is 25.0 Å². The SMILES string of the molecule is CSc1ncc(C(=O)N2CCN(CC(=O)NC(C)C)CC2)n1-c1ccccc1. The molecule has 1 aromatic heterocycles. The molecule has 2 heterocycles. The van der Waals surface area contributed by atoms with E-state index in [2.05, 4.69) is 15.2 Å². The maximum atomic E-state index is 13.2. The van der Waals surface area contributed by atoms with E-state index < -0.39 is 0 Å². The average Bonchev–Trinajstić information content (AvgIpc) is 3.12. The number of thioether (sulfide) groups is 1. The summed E-state index contributed by atoms with van der Waals surface area (Å²) in [6.07, 6.45) is 3.61. The van der Waals surface area contributed by atoms with Crippen molar-refractivity contribution in [3.05, 3.63) is 42.2 Å². The summed E-state index contributed by atoms with van der Waals surface area (Å²) >= 11 is 1.52. The highest BCUT2D eigenvalue weighted by atomic mass is 32.2. The quantitative estimate of drug-likeness (QED) is 0.749. The number of carbonyl (C=O) groups excluding carboxylic acids is 2. The molecule has 0 aliphatic carbocycles. The van der Waals surface area contributed by atoms with E-state index in [4.69, 9.17) is 0 Å². The number of hydrogen-bond donors (Lipinski definition) is 1. The zero-order valence-corrected chi connectivity index (χ0v) is 17.4. The van der Waals surface area contributed by atoms with Crippen molar-refractivity contribution in [3.63, 3.8) is 0 Å². The van der Waals surface area contributed by atoms with E-state index >= 15 is 0 Å². The summed E-state index contributed by atoms with van der Waals surface area (Å²) in [5, 5.41) is 3.70. The van der Waals surface area contributed by atoms with E-state index in [1.807, 2.05) is 59.9 Å². The highest BCUT2D eigenvalue weighted by Gasteiger charge is 2.27. The third kappa shape index (κ3) is 4.74. The first-order chi connectivity index (χ1) is 13.5. The van der Waals surface area contributed by atoms with Gasteiger partial charge in [0.2, 0.25) is 5.91 Å². The third-order valence-electron chi connectivity index (χ3n) is 4.62. The molecule has 1 aliphatic heterocycles. The van der Waals surface area contributed by atoms with Gasteiger partial charge >= 0.3 is 0 Å². The first-order valence-electron chi connectivity index (χ1n) is 9.47. The van der Waals surface area contributed by atoms with Crippen LogP contribution in [0.2, 0.25) is 0 Å². The van der Waals surface area contributed by atoms with Crippen LogP contribution in [0.25, 0.3) is 5.69 Å². The number of nitrogens with one attached hydrogen (secondary N) is 1. The number of nitrogens with zero attached hydrogens (tertiary/aromatic N) is 4. The molecule has 28 heavy (non-hydrogen) atoms. The van der Waals surface area contributed by atoms with Crippen LogP contribution in [0.4, 0.5) is 0 Å². The summed E-state index contributed by atoms with van der Waals surface area (Å²) in [5.74, 6) is 0.00415. The highest BCUT2D eigenvalue weighted by Crippen LogP contribution is 2.23. The van der Waals surface area contributed by atoms with Gasteiger partial charge in [-0.05, 0) is 32.2 Å². The van der Waals surface area contributed by atoms with Gasteiger partial charge in [-0.2, -0.15) is 0 Å². The van der Waals surface area contributed by atoms with E-state index in [0.29, 0.717) is 38.4 Å². The molecule has 0 radical (unpaired) electrons. The van der Waals surface area contributed by atoms with Crippen molar-refractivity contribution >= 4 is 23.6 Å². The Morgan fingerprint density at radius 2 is 1.82 bits per heavy atom. The molecule has 0 spiro atoms. The first-order valence-corrected chi connectivity index (χ1v) is 10.7. The van der Waals surface area contributed by atoms with E-state index in [-0.39, 0.29) is 17.9 Å². The van der Waals surface area contributed by atoms with Crippen LogP contribution in [0.5, 0.6) is 0 Å². The Kier molecular flexibility index (Phi) is 6.74. The van der Waals surface area contributed by atoms with E-state index in [1.54, 1.807) is 6.20 Å². The average molecular weight is 402 g/mol. The van der Waals surface area contributed by atoms with Crippen molar-refractivity contribution in [3.8, 4) is 5.69 Å². The Labute approximate surface area is 170 Å². The Morgan fingerprint density at radius 3 is 2.43 bits per heavy atom. The minimum Gasteiger partial charge on any atom is -0.353 e. The molecule has 8 heteroatoms. The van der Waals surface area contributed by atoms with Gasteiger partial charge in [-0.25, -0.2) is 4.98 Å². The van der Waals surface area contributed by atoms with Crippen LogP contribution in [0.1, 0.15) is 24.3 Å². The second kappa shape index (κ2) is 9.25. The van der Waals surface area contributed by atoms with Gasteiger partial charge < -0.3 is 10.2 Å². The molecule has 0 saturated carbocycles. The largest absolute Gasteiger partial charge is 0.353 e. The van der Waals surface area contributed by atoms with Crippen molar-refractivity contribution in [2.24, 2.45) is 0 Å². The van der Waals surface area contributed by atoms with E-state index in [0.717, 1.165) is 10.8 Å². The van der Waals surface area contributed by atoms with Gasteiger partial charge in [-0.15, -0.1) is 0 Å². The van der Waals surface area contributed by atoms with E-state index in [9.17, 15) is 9.59 Å². The van der Waals surface area contributed by atoms with Crippen LogP contribution in [0, 0.1) is 0 Å². The number of hydrogen-bond acceptors (Lipinski definition) is 5. The van der Waals surface area contributed by atoms with Crippen molar-refractivity contribution in [1.29, 1.82) is 0 Å². The maximum absolute atomic E-state index is 13.2. The standard InChI is InChI=1S/C20H27N5O2S/c1-15(2)22-18(26)14-23-9-11-24(12-10-23)19(27)17-13-21-20(28-3)25(17)16-7-5-4-6-8-16/h4-8,13,15H,9-12,14H2,1-3H3,(H,22,26). The molecule has 1 fully saturated rings. The molecule has 7 nitrogen and oxygen atoms in total. The monoisotopic (exact) mass is 401 g/mol.